The molecule has 5 nitrogen and oxygen atoms in total. The van der Waals surface area contributed by atoms with E-state index in [-0.39, 0.29) is 22.5 Å². The monoisotopic (exact) mass is 499 g/mol. The predicted molar refractivity (Wildman–Crippen MR) is 147 cm³/mol. The number of rotatable bonds is 10. The number of carboxylic acids is 1. The molecule has 0 bridgehead atoms. The van der Waals surface area contributed by atoms with Crippen LogP contribution in [0.2, 0.25) is 0 Å². The summed E-state index contributed by atoms with van der Waals surface area (Å²) in [4.78, 5) is 24.8. The number of ketones is 1. The highest BCUT2D eigenvalue weighted by atomic mass is 16.5. The van der Waals surface area contributed by atoms with Crippen LogP contribution in [0.4, 0.5) is 0 Å². The number of ether oxygens (including phenoxy) is 1. The molecule has 1 aromatic carbocycles. The quantitative estimate of drug-likeness (QED) is 0.364. The minimum absolute atomic E-state index is 0.0327. The predicted octanol–water partition coefficient (Wildman–Crippen LogP) is 6.82. The molecule has 0 fully saturated rings. The van der Waals surface area contributed by atoms with Gasteiger partial charge in [0, 0.05) is 18.3 Å². The van der Waals surface area contributed by atoms with Crippen molar-refractivity contribution in [2.45, 2.75) is 59.6 Å². The Morgan fingerprint density at radius 1 is 1.05 bits per heavy atom. The maximum Gasteiger partial charge on any atom is 0.344 e. The molecular formula is C32H37NO4. The third-order valence-electron chi connectivity index (χ3n) is 7.88. The Morgan fingerprint density at radius 3 is 2.57 bits per heavy atom. The third kappa shape index (κ3) is 5.87. The number of allylic oxidation sites excluding steroid dienone is 8. The molecule has 0 radical (unpaired) electrons. The molecule has 0 amide bonds. The summed E-state index contributed by atoms with van der Waals surface area (Å²) in [6, 6.07) is 11.4. The number of hydrogen-bond acceptors (Lipinski definition) is 3. The minimum atomic E-state index is -0.992. The van der Waals surface area contributed by atoms with Crippen molar-refractivity contribution in [2.24, 2.45) is 16.7 Å². The average molecular weight is 500 g/mol. The van der Waals surface area contributed by atoms with Crippen molar-refractivity contribution in [3.05, 3.63) is 102 Å². The Hall–Kier alpha value is -3.60. The Labute approximate surface area is 219 Å². The zero-order chi connectivity index (χ0) is 26.6. The van der Waals surface area contributed by atoms with E-state index in [2.05, 4.69) is 55.7 Å². The molecule has 4 rings (SSSR count). The zero-order valence-electron chi connectivity index (χ0n) is 22.2. The lowest BCUT2D eigenvalue weighted by Crippen LogP contribution is -2.37. The van der Waals surface area contributed by atoms with Gasteiger partial charge in [-0.2, -0.15) is 0 Å². The average Bonchev–Trinajstić information content (AvgIpc) is 3.32. The van der Waals surface area contributed by atoms with Gasteiger partial charge in [0.15, 0.2) is 6.10 Å². The van der Waals surface area contributed by atoms with Crippen LogP contribution in [0.15, 0.2) is 90.7 Å². The van der Waals surface area contributed by atoms with Gasteiger partial charge < -0.3 is 14.4 Å². The van der Waals surface area contributed by atoms with Gasteiger partial charge in [0.05, 0.1) is 5.69 Å². The van der Waals surface area contributed by atoms with Crippen LogP contribution in [0.1, 0.15) is 56.6 Å². The zero-order valence-corrected chi connectivity index (χ0v) is 22.2. The highest BCUT2D eigenvalue weighted by molar-refractivity contribution is 6.08. The SMILES string of the molecule is CC(Cc1cccc(O[C@@H](C)C(=O)O)c1)Cn1cccc1C(=O)C1=CC=CC(C)(C2(C)C=CC=CC2)C1. The van der Waals surface area contributed by atoms with Gasteiger partial charge in [-0.25, -0.2) is 4.79 Å². The summed E-state index contributed by atoms with van der Waals surface area (Å²) in [6.07, 6.45) is 18.5. The maximum atomic E-state index is 13.7. The largest absolute Gasteiger partial charge is 0.479 e. The summed E-state index contributed by atoms with van der Waals surface area (Å²) in [5.41, 5.74) is 2.46. The molecule has 4 atom stereocenters. The van der Waals surface area contributed by atoms with E-state index in [1.54, 1.807) is 6.07 Å². The molecular weight excluding hydrogens is 462 g/mol. The number of benzene rings is 1. The first-order valence-electron chi connectivity index (χ1n) is 13.0. The Bertz CT molecular complexity index is 1280. The lowest BCUT2D eigenvalue weighted by Gasteiger charge is -2.45. The molecule has 0 saturated carbocycles. The van der Waals surface area contributed by atoms with Crippen LogP contribution in [0.25, 0.3) is 0 Å². The molecule has 1 heterocycles. The smallest absolute Gasteiger partial charge is 0.344 e. The van der Waals surface area contributed by atoms with E-state index in [1.165, 1.54) is 6.92 Å². The van der Waals surface area contributed by atoms with Crippen LogP contribution in [-0.2, 0) is 17.8 Å². The molecule has 1 aromatic heterocycles. The number of Topliss-reactive ketones (excluding diaryl/α,β-unsaturated/α-hetero) is 1. The Morgan fingerprint density at radius 2 is 1.84 bits per heavy atom. The second kappa shape index (κ2) is 10.8. The number of hydrogen-bond donors (Lipinski definition) is 1. The van der Waals surface area contributed by atoms with E-state index < -0.39 is 12.1 Å². The van der Waals surface area contributed by atoms with Crippen LogP contribution in [-0.4, -0.2) is 27.5 Å². The van der Waals surface area contributed by atoms with Gasteiger partial charge >= 0.3 is 5.97 Å². The maximum absolute atomic E-state index is 13.7. The number of nitrogens with zero attached hydrogens (tertiary/aromatic N) is 1. The molecule has 0 aliphatic heterocycles. The van der Waals surface area contributed by atoms with Crippen molar-refractivity contribution in [3.8, 4) is 5.75 Å². The number of carbonyl (C=O) groups excluding carboxylic acids is 1. The van der Waals surface area contributed by atoms with Gasteiger partial charge in [0.1, 0.15) is 5.75 Å². The van der Waals surface area contributed by atoms with E-state index in [0.717, 1.165) is 24.0 Å². The number of aromatic nitrogens is 1. The molecule has 2 aromatic rings. The van der Waals surface area contributed by atoms with Crippen molar-refractivity contribution in [3.63, 3.8) is 0 Å². The first-order chi connectivity index (χ1) is 17.6. The molecule has 0 saturated heterocycles. The van der Waals surface area contributed by atoms with E-state index in [0.29, 0.717) is 24.4 Å². The topological polar surface area (TPSA) is 68.5 Å². The number of carbonyl (C=O) groups is 2. The first kappa shape index (κ1) is 26.5. The summed E-state index contributed by atoms with van der Waals surface area (Å²) in [5, 5.41) is 9.11. The second-order valence-electron chi connectivity index (χ2n) is 11.0. The Balaban J connectivity index is 1.43. The van der Waals surface area contributed by atoms with Crippen molar-refractivity contribution in [1.82, 2.24) is 4.57 Å². The van der Waals surface area contributed by atoms with E-state index in [4.69, 9.17) is 9.84 Å². The molecule has 2 aliphatic carbocycles. The van der Waals surface area contributed by atoms with Crippen LogP contribution >= 0.6 is 0 Å². The van der Waals surface area contributed by atoms with Gasteiger partial charge in [-0.1, -0.05) is 75.4 Å². The van der Waals surface area contributed by atoms with Crippen molar-refractivity contribution in [2.75, 3.05) is 0 Å². The fourth-order valence-electron chi connectivity index (χ4n) is 5.34. The van der Waals surface area contributed by atoms with E-state index in [1.807, 2.05) is 48.7 Å². The summed E-state index contributed by atoms with van der Waals surface area (Å²) >= 11 is 0. The summed E-state index contributed by atoms with van der Waals surface area (Å²) in [7, 11) is 0. The summed E-state index contributed by atoms with van der Waals surface area (Å²) in [6.45, 7) is 8.91. The van der Waals surface area contributed by atoms with Crippen LogP contribution < -0.4 is 4.74 Å². The fourth-order valence-corrected chi connectivity index (χ4v) is 5.34. The summed E-state index contributed by atoms with van der Waals surface area (Å²) < 4.78 is 7.58. The van der Waals surface area contributed by atoms with Gasteiger partial charge in [0.25, 0.3) is 0 Å². The Kier molecular flexibility index (Phi) is 7.72. The lowest BCUT2D eigenvalue weighted by atomic mass is 9.58. The molecule has 1 N–H and O–H groups in total. The molecule has 37 heavy (non-hydrogen) atoms. The number of aliphatic carboxylic acids is 1. The molecule has 0 spiro atoms. The standard InChI is InChI=1S/C32H37NO4/c1-23(19-25-11-8-13-27(20-25)37-24(2)30(35)36)22-33-18-10-14-28(33)29(34)26-12-9-17-32(4,21-26)31(3)15-6-5-7-16-31/h5-15,17-18,20,23-24H,16,19,21-22H2,1-4H3,(H,35,36)/t23?,24-,31?,32?/m0/s1. The van der Waals surface area contributed by atoms with E-state index >= 15 is 0 Å². The molecule has 3 unspecified atom stereocenters. The second-order valence-corrected chi connectivity index (χ2v) is 11.0. The van der Waals surface area contributed by atoms with Crippen LogP contribution in [0.3, 0.4) is 0 Å². The minimum Gasteiger partial charge on any atom is -0.479 e. The van der Waals surface area contributed by atoms with Crippen LogP contribution in [0, 0.1) is 16.7 Å². The van der Waals surface area contributed by atoms with Crippen molar-refractivity contribution < 1.29 is 19.4 Å². The van der Waals surface area contributed by atoms with Crippen molar-refractivity contribution in [1.29, 1.82) is 0 Å². The van der Waals surface area contributed by atoms with Crippen molar-refractivity contribution >= 4 is 11.8 Å². The van der Waals surface area contributed by atoms with E-state index in [9.17, 15) is 9.59 Å². The summed E-state index contributed by atoms with van der Waals surface area (Å²) in [5.74, 6) is -0.0955. The molecule has 5 heteroatoms. The molecule has 2 aliphatic rings. The van der Waals surface area contributed by atoms with Gasteiger partial charge in [-0.3, -0.25) is 4.79 Å². The highest BCUT2D eigenvalue weighted by Crippen LogP contribution is 2.51. The fraction of sp³-hybridized carbons (Fsp3) is 0.375. The molecule has 194 valence electrons. The van der Waals surface area contributed by atoms with Gasteiger partial charge in [-0.05, 0) is 72.8 Å². The first-order valence-corrected chi connectivity index (χ1v) is 13.0. The van der Waals surface area contributed by atoms with Gasteiger partial charge in [-0.15, -0.1) is 0 Å². The third-order valence-corrected chi connectivity index (χ3v) is 7.88. The van der Waals surface area contributed by atoms with Gasteiger partial charge in [0.2, 0.25) is 5.78 Å². The number of carboxylic acid groups (broad SMARTS) is 1. The lowest BCUT2D eigenvalue weighted by molar-refractivity contribution is -0.144. The highest BCUT2D eigenvalue weighted by Gasteiger charge is 2.43. The van der Waals surface area contributed by atoms with Crippen LogP contribution in [0.5, 0.6) is 5.75 Å². The normalized spacial score (nSPS) is 24.4.